The molecule has 0 aliphatic carbocycles. The number of aliphatic carboxylic acids is 1. The molecule has 12 heteroatoms. The van der Waals surface area contributed by atoms with Gasteiger partial charge in [0.2, 0.25) is 0 Å². The van der Waals surface area contributed by atoms with E-state index in [0.29, 0.717) is 30.2 Å². The van der Waals surface area contributed by atoms with Gasteiger partial charge in [-0.25, -0.2) is 14.4 Å². The molecule has 0 saturated heterocycles. The zero-order valence-electron chi connectivity index (χ0n) is 26.0. The molecule has 42 heavy (non-hydrogen) atoms. The maximum atomic E-state index is 12.4. The lowest BCUT2D eigenvalue weighted by Gasteiger charge is -2.28. The van der Waals surface area contributed by atoms with E-state index in [1.165, 1.54) is 25.1 Å². The van der Waals surface area contributed by atoms with Gasteiger partial charge in [0.15, 0.2) is 11.5 Å². The van der Waals surface area contributed by atoms with Crippen molar-refractivity contribution in [3.63, 3.8) is 0 Å². The molecule has 0 spiro atoms. The highest BCUT2D eigenvalue weighted by Gasteiger charge is 2.37. The Labute approximate surface area is 248 Å². The van der Waals surface area contributed by atoms with E-state index in [1.807, 2.05) is 41.5 Å². The van der Waals surface area contributed by atoms with Crippen LogP contribution in [0.25, 0.3) is 0 Å². The first kappa shape index (κ1) is 36.5. The van der Waals surface area contributed by atoms with E-state index in [1.54, 1.807) is 6.92 Å². The fourth-order valence-corrected chi connectivity index (χ4v) is 3.45. The molecule has 0 bridgehead atoms. The van der Waals surface area contributed by atoms with Crippen LogP contribution in [0.3, 0.4) is 0 Å². The second kappa shape index (κ2) is 17.4. The number of benzene rings is 1. The molecule has 0 fully saturated rings. The third kappa shape index (κ3) is 13.9. The van der Waals surface area contributed by atoms with Gasteiger partial charge in [-0.3, -0.25) is 4.79 Å². The summed E-state index contributed by atoms with van der Waals surface area (Å²) in [5.74, 6) is -0.993. The summed E-state index contributed by atoms with van der Waals surface area (Å²) in [6.07, 6.45) is -3.49. The molecular formula is C30H47NO11. The average Bonchev–Trinajstić information content (AvgIpc) is 2.84. The van der Waals surface area contributed by atoms with Crippen molar-refractivity contribution < 1.29 is 52.7 Å². The number of ether oxygens (including phenoxy) is 6. The average molecular weight is 598 g/mol. The number of hydrogen-bond donors (Lipinski definition) is 2. The maximum absolute atomic E-state index is 12.4. The van der Waals surface area contributed by atoms with Gasteiger partial charge in [0, 0.05) is 12.8 Å². The van der Waals surface area contributed by atoms with Crippen LogP contribution in [0.5, 0.6) is 11.5 Å². The normalized spacial score (nSPS) is 14.1. The van der Waals surface area contributed by atoms with Crippen molar-refractivity contribution in [2.75, 3.05) is 13.2 Å². The van der Waals surface area contributed by atoms with Crippen LogP contribution in [-0.2, 0) is 30.2 Å². The van der Waals surface area contributed by atoms with Gasteiger partial charge >= 0.3 is 24.4 Å². The SMILES string of the molecule is CC(C)CCOC(=O)Oc1ccc(CC(N)(C[C@H](C)OC(=O)OC(C)C(C)C)C(=O)O)cc1OC(=O)OCCC(C)C. The van der Waals surface area contributed by atoms with Gasteiger partial charge in [0.05, 0.1) is 13.2 Å². The van der Waals surface area contributed by atoms with Crippen LogP contribution >= 0.6 is 0 Å². The zero-order chi connectivity index (χ0) is 32.0. The molecule has 0 saturated carbocycles. The van der Waals surface area contributed by atoms with E-state index >= 15 is 0 Å². The lowest BCUT2D eigenvalue weighted by molar-refractivity contribution is -0.144. The summed E-state index contributed by atoms with van der Waals surface area (Å²) in [5, 5.41) is 9.96. The summed E-state index contributed by atoms with van der Waals surface area (Å²) >= 11 is 0. The first-order valence-corrected chi connectivity index (χ1v) is 14.2. The van der Waals surface area contributed by atoms with Crippen LogP contribution in [0, 0.1) is 17.8 Å². The highest BCUT2D eigenvalue weighted by atomic mass is 16.7. The molecule has 0 heterocycles. The molecule has 1 aromatic rings. The Kier molecular flexibility index (Phi) is 15.1. The molecule has 12 nitrogen and oxygen atoms in total. The Morgan fingerprint density at radius 3 is 1.79 bits per heavy atom. The zero-order valence-corrected chi connectivity index (χ0v) is 26.0. The maximum Gasteiger partial charge on any atom is 0.513 e. The minimum absolute atomic E-state index is 0.0678. The summed E-state index contributed by atoms with van der Waals surface area (Å²) < 4.78 is 31.2. The van der Waals surface area contributed by atoms with Crippen LogP contribution in [0.4, 0.5) is 14.4 Å². The van der Waals surface area contributed by atoms with Gasteiger partial charge in [-0.15, -0.1) is 0 Å². The lowest BCUT2D eigenvalue weighted by Crippen LogP contribution is -2.52. The second-order valence-electron chi connectivity index (χ2n) is 11.6. The number of carbonyl (C=O) groups is 4. The second-order valence-corrected chi connectivity index (χ2v) is 11.6. The molecule has 2 unspecified atom stereocenters. The van der Waals surface area contributed by atoms with E-state index < -0.39 is 42.2 Å². The molecule has 0 aliphatic rings. The first-order chi connectivity index (χ1) is 19.5. The van der Waals surface area contributed by atoms with Gasteiger partial charge in [-0.2, -0.15) is 0 Å². The molecule has 1 aromatic carbocycles. The highest BCUT2D eigenvalue weighted by Crippen LogP contribution is 2.31. The monoisotopic (exact) mass is 597 g/mol. The van der Waals surface area contributed by atoms with Crippen molar-refractivity contribution >= 4 is 24.4 Å². The Balaban J connectivity index is 3.11. The predicted octanol–water partition coefficient (Wildman–Crippen LogP) is 6.11. The Morgan fingerprint density at radius 2 is 1.31 bits per heavy atom. The molecule has 1 rings (SSSR count). The van der Waals surface area contributed by atoms with E-state index in [2.05, 4.69) is 0 Å². The van der Waals surface area contributed by atoms with Gasteiger partial charge < -0.3 is 39.3 Å². The minimum atomic E-state index is -1.88. The van der Waals surface area contributed by atoms with Crippen LogP contribution in [0.15, 0.2) is 18.2 Å². The van der Waals surface area contributed by atoms with E-state index in [4.69, 9.17) is 34.2 Å². The van der Waals surface area contributed by atoms with Crippen LogP contribution in [-0.4, -0.2) is 60.5 Å². The van der Waals surface area contributed by atoms with Crippen LogP contribution in [0.2, 0.25) is 0 Å². The third-order valence-electron chi connectivity index (χ3n) is 6.34. The van der Waals surface area contributed by atoms with Crippen molar-refractivity contribution in [3.05, 3.63) is 23.8 Å². The molecular weight excluding hydrogens is 550 g/mol. The first-order valence-electron chi connectivity index (χ1n) is 14.2. The Morgan fingerprint density at radius 1 is 0.786 bits per heavy atom. The highest BCUT2D eigenvalue weighted by molar-refractivity contribution is 5.79. The van der Waals surface area contributed by atoms with Gasteiger partial charge in [0.1, 0.15) is 17.7 Å². The number of rotatable bonds is 16. The largest absolute Gasteiger partial charge is 0.513 e. The van der Waals surface area contributed by atoms with Gasteiger partial charge in [-0.1, -0.05) is 47.6 Å². The summed E-state index contributed by atoms with van der Waals surface area (Å²) in [6, 6.07) is 4.14. The van der Waals surface area contributed by atoms with E-state index in [9.17, 15) is 24.3 Å². The molecule has 3 atom stereocenters. The lowest BCUT2D eigenvalue weighted by atomic mass is 9.86. The number of nitrogens with two attached hydrogens (primary N) is 1. The van der Waals surface area contributed by atoms with E-state index in [-0.39, 0.29) is 43.5 Å². The molecule has 238 valence electrons. The number of hydrogen-bond acceptors (Lipinski definition) is 11. The number of carboxylic acid groups (broad SMARTS) is 1. The Bertz CT molecular complexity index is 1040. The van der Waals surface area contributed by atoms with Crippen molar-refractivity contribution in [1.82, 2.24) is 0 Å². The summed E-state index contributed by atoms with van der Waals surface area (Å²) in [6.45, 7) is 15.1. The molecule has 3 N–H and O–H groups in total. The number of carboxylic acids is 1. The summed E-state index contributed by atoms with van der Waals surface area (Å²) in [5.41, 5.74) is 4.74. The van der Waals surface area contributed by atoms with Crippen molar-refractivity contribution in [2.45, 2.75) is 98.8 Å². The van der Waals surface area contributed by atoms with E-state index in [0.717, 1.165) is 0 Å². The summed E-state index contributed by atoms with van der Waals surface area (Å²) in [7, 11) is 0. The van der Waals surface area contributed by atoms with Crippen LogP contribution < -0.4 is 15.2 Å². The summed E-state index contributed by atoms with van der Waals surface area (Å²) in [4.78, 5) is 48.9. The third-order valence-corrected chi connectivity index (χ3v) is 6.34. The molecule has 0 radical (unpaired) electrons. The standard InChI is InChI=1S/C30H47NO11/c1-18(2)11-13-37-27(34)41-24-10-9-23(15-25(24)42-28(35)38-14-12-19(3)4)17-30(31,26(32)33)16-21(7)39-29(36)40-22(8)20(5)6/h9-10,15,18-22H,11-14,16-17,31H2,1-8H3,(H,32,33)/t21-,22?,30?/m0/s1. The Hall–Kier alpha value is -3.54. The van der Waals surface area contributed by atoms with Gasteiger partial charge in [0.25, 0.3) is 0 Å². The quantitative estimate of drug-likeness (QED) is 0.127. The van der Waals surface area contributed by atoms with Crippen molar-refractivity contribution in [3.8, 4) is 11.5 Å². The predicted molar refractivity (Wildman–Crippen MR) is 154 cm³/mol. The van der Waals surface area contributed by atoms with Crippen molar-refractivity contribution in [2.24, 2.45) is 23.5 Å². The minimum Gasteiger partial charge on any atom is -0.480 e. The number of carbonyl (C=O) groups excluding carboxylic acids is 3. The fraction of sp³-hybridized carbons (Fsp3) is 0.667. The van der Waals surface area contributed by atoms with Gasteiger partial charge in [-0.05, 0) is 62.1 Å². The molecule has 0 aliphatic heterocycles. The topological polar surface area (TPSA) is 170 Å². The van der Waals surface area contributed by atoms with Crippen molar-refractivity contribution in [1.29, 1.82) is 0 Å². The smallest absolute Gasteiger partial charge is 0.480 e. The fourth-order valence-electron chi connectivity index (χ4n) is 3.45. The molecule has 0 amide bonds. The van der Waals surface area contributed by atoms with Crippen LogP contribution in [0.1, 0.15) is 80.2 Å². The molecule has 0 aromatic heterocycles.